The molecule has 0 fully saturated rings. The monoisotopic (exact) mass is 535 g/mol. The fourth-order valence-corrected chi connectivity index (χ4v) is 3.55. The van der Waals surface area contributed by atoms with Crippen molar-refractivity contribution in [3.63, 3.8) is 0 Å². The number of anilines is 1. The lowest BCUT2D eigenvalue weighted by Crippen LogP contribution is -2.14. The Balaban J connectivity index is 1.88. The molecule has 3 aromatic rings. The zero-order valence-electron chi connectivity index (χ0n) is 18.6. The average Bonchev–Trinajstić information content (AvgIpc) is 2.85. The maximum atomic E-state index is 12.7. The van der Waals surface area contributed by atoms with Crippen LogP contribution >= 0.6 is 15.9 Å². The summed E-state index contributed by atoms with van der Waals surface area (Å²) in [6.45, 7) is 1.67. The highest BCUT2D eigenvalue weighted by atomic mass is 79.9. The molecule has 1 amide bonds. The summed E-state index contributed by atoms with van der Waals surface area (Å²) in [6, 6.07) is 17.3. The molecule has 0 saturated heterocycles. The van der Waals surface area contributed by atoms with Gasteiger partial charge in [-0.2, -0.15) is 5.26 Å². The topological polar surface area (TPSA) is 132 Å². The Bertz CT molecular complexity index is 1380. The van der Waals surface area contributed by atoms with Gasteiger partial charge in [-0.25, -0.2) is 4.79 Å². The normalized spacial score (nSPS) is 10.7. The number of amides is 1. The number of ether oxygens (including phenoxy) is 2. The number of aryl methyl sites for hydroxylation is 1. The van der Waals surface area contributed by atoms with E-state index in [1.165, 1.54) is 37.5 Å². The van der Waals surface area contributed by atoms with Gasteiger partial charge in [0, 0.05) is 12.1 Å². The summed E-state index contributed by atoms with van der Waals surface area (Å²) in [4.78, 5) is 35.6. The van der Waals surface area contributed by atoms with Crippen molar-refractivity contribution < 1.29 is 24.0 Å². The summed E-state index contributed by atoms with van der Waals surface area (Å²) in [5.41, 5.74) is 1.13. The minimum atomic E-state index is -0.745. The molecule has 3 aromatic carbocycles. The second-order valence-electron chi connectivity index (χ2n) is 7.17. The lowest BCUT2D eigenvalue weighted by atomic mass is 10.1. The number of methoxy groups -OCH3 is 1. The van der Waals surface area contributed by atoms with E-state index in [1.807, 2.05) is 6.07 Å². The van der Waals surface area contributed by atoms with Crippen molar-refractivity contribution >= 4 is 45.3 Å². The third kappa shape index (κ3) is 6.10. The number of hydrogen-bond acceptors (Lipinski definition) is 7. The smallest absolute Gasteiger partial charge is 0.343 e. The molecule has 10 heteroatoms. The molecule has 0 bridgehead atoms. The summed E-state index contributed by atoms with van der Waals surface area (Å²) in [6.07, 6.45) is 1.32. The molecule has 0 atom stereocenters. The third-order valence-electron chi connectivity index (χ3n) is 4.81. The van der Waals surface area contributed by atoms with Crippen LogP contribution in [0.5, 0.6) is 11.5 Å². The Labute approximate surface area is 208 Å². The molecule has 35 heavy (non-hydrogen) atoms. The Hall–Kier alpha value is -4.49. The lowest BCUT2D eigenvalue weighted by molar-refractivity contribution is -0.384. The summed E-state index contributed by atoms with van der Waals surface area (Å²) in [5.74, 6) is -1.00. The third-order valence-corrected chi connectivity index (χ3v) is 5.40. The van der Waals surface area contributed by atoms with Gasteiger partial charge in [0.2, 0.25) is 0 Å². The number of non-ortho nitro benzene ring substituents is 1. The molecular formula is C25H18BrN3O6. The van der Waals surface area contributed by atoms with E-state index in [2.05, 4.69) is 21.2 Å². The highest BCUT2D eigenvalue weighted by Gasteiger charge is 2.18. The van der Waals surface area contributed by atoms with Gasteiger partial charge in [0.1, 0.15) is 11.6 Å². The molecular weight excluding hydrogens is 518 g/mol. The molecule has 0 aromatic heterocycles. The van der Waals surface area contributed by atoms with E-state index in [0.717, 1.165) is 0 Å². The molecule has 0 heterocycles. The van der Waals surface area contributed by atoms with E-state index in [9.17, 15) is 25.0 Å². The molecule has 0 spiro atoms. The number of nitro benzene ring substituents is 1. The van der Waals surface area contributed by atoms with Crippen molar-refractivity contribution in [2.75, 3.05) is 12.4 Å². The number of esters is 1. The number of rotatable bonds is 7. The molecule has 1 N–H and O–H groups in total. The molecule has 0 aliphatic carbocycles. The van der Waals surface area contributed by atoms with Crippen molar-refractivity contribution in [3.8, 4) is 17.6 Å². The van der Waals surface area contributed by atoms with Crippen LogP contribution in [0.3, 0.4) is 0 Å². The lowest BCUT2D eigenvalue weighted by Gasteiger charge is -2.13. The van der Waals surface area contributed by atoms with Crippen LogP contribution in [0.25, 0.3) is 6.08 Å². The van der Waals surface area contributed by atoms with E-state index in [0.29, 0.717) is 21.2 Å². The zero-order valence-corrected chi connectivity index (χ0v) is 20.2. The van der Waals surface area contributed by atoms with Gasteiger partial charge in [-0.15, -0.1) is 0 Å². The van der Waals surface area contributed by atoms with Crippen LogP contribution in [-0.4, -0.2) is 23.9 Å². The standard InChI is InChI=1S/C25H18BrN3O6/c1-15-8-9-19(29(32)33)13-21(15)28-24(30)18(14-27)10-16-11-20(26)23(22(12-16)34-2)35-25(31)17-6-4-3-5-7-17/h3-13H,1-2H3,(H,28,30)/b18-10+. The maximum Gasteiger partial charge on any atom is 0.343 e. The zero-order chi connectivity index (χ0) is 25.5. The number of nitriles is 1. The van der Waals surface area contributed by atoms with E-state index >= 15 is 0 Å². The van der Waals surface area contributed by atoms with Gasteiger partial charge in [0.15, 0.2) is 11.5 Å². The Morgan fingerprint density at radius 2 is 1.86 bits per heavy atom. The van der Waals surface area contributed by atoms with Gasteiger partial charge in [-0.1, -0.05) is 24.3 Å². The number of carbonyl (C=O) groups is 2. The van der Waals surface area contributed by atoms with Crippen molar-refractivity contribution in [2.45, 2.75) is 6.92 Å². The molecule has 3 rings (SSSR count). The minimum Gasteiger partial charge on any atom is -0.493 e. The minimum absolute atomic E-state index is 0.133. The maximum absolute atomic E-state index is 12.7. The van der Waals surface area contributed by atoms with Crippen molar-refractivity contribution in [1.29, 1.82) is 5.26 Å². The van der Waals surface area contributed by atoms with Gasteiger partial charge < -0.3 is 14.8 Å². The van der Waals surface area contributed by atoms with E-state index in [-0.39, 0.29) is 28.4 Å². The Morgan fingerprint density at radius 3 is 2.49 bits per heavy atom. The quantitative estimate of drug-likeness (QED) is 0.106. The van der Waals surface area contributed by atoms with Crippen LogP contribution in [0, 0.1) is 28.4 Å². The molecule has 0 radical (unpaired) electrons. The average molecular weight is 536 g/mol. The summed E-state index contributed by atoms with van der Waals surface area (Å²) in [5, 5.41) is 23.1. The fraction of sp³-hybridized carbons (Fsp3) is 0.0800. The van der Waals surface area contributed by atoms with Gasteiger partial charge >= 0.3 is 5.97 Å². The van der Waals surface area contributed by atoms with E-state index in [1.54, 1.807) is 43.3 Å². The second-order valence-corrected chi connectivity index (χ2v) is 8.02. The number of nitrogens with zero attached hydrogens (tertiary/aromatic N) is 2. The van der Waals surface area contributed by atoms with Crippen LogP contribution in [0.4, 0.5) is 11.4 Å². The molecule has 0 aliphatic rings. The van der Waals surface area contributed by atoms with Crippen LogP contribution in [0.15, 0.2) is 70.7 Å². The largest absolute Gasteiger partial charge is 0.493 e. The summed E-state index contributed by atoms with van der Waals surface area (Å²) < 4.78 is 11.2. The Morgan fingerprint density at radius 1 is 1.14 bits per heavy atom. The van der Waals surface area contributed by atoms with Gasteiger partial charge in [0.05, 0.1) is 27.8 Å². The number of nitro groups is 1. The van der Waals surface area contributed by atoms with Crippen LogP contribution in [0.1, 0.15) is 21.5 Å². The van der Waals surface area contributed by atoms with Gasteiger partial charge in [-0.3, -0.25) is 14.9 Å². The predicted octanol–water partition coefficient (Wildman–Crippen LogP) is 5.44. The first kappa shape index (κ1) is 25.1. The second kappa shape index (κ2) is 11.1. The SMILES string of the molecule is COc1cc(/C=C(\C#N)C(=O)Nc2cc([N+](=O)[O-])ccc2C)cc(Br)c1OC(=O)c1ccccc1. The first-order chi connectivity index (χ1) is 16.7. The first-order valence-corrected chi connectivity index (χ1v) is 10.9. The molecule has 176 valence electrons. The van der Waals surface area contributed by atoms with E-state index in [4.69, 9.17) is 9.47 Å². The summed E-state index contributed by atoms with van der Waals surface area (Å²) in [7, 11) is 1.39. The number of halogens is 1. The van der Waals surface area contributed by atoms with Crippen molar-refractivity contribution in [1.82, 2.24) is 0 Å². The number of nitrogens with one attached hydrogen (secondary N) is 1. The molecule has 0 aliphatic heterocycles. The first-order valence-electron chi connectivity index (χ1n) is 10.1. The Kier molecular flexibility index (Phi) is 7.96. The molecule has 0 unspecified atom stereocenters. The van der Waals surface area contributed by atoms with Gasteiger partial charge in [-0.05, 0) is 64.3 Å². The number of carbonyl (C=O) groups excluding carboxylic acids is 2. The number of benzene rings is 3. The van der Waals surface area contributed by atoms with Crippen molar-refractivity contribution in [3.05, 3.63) is 97.5 Å². The van der Waals surface area contributed by atoms with Crippen molar-refractivity contribution in [2.24, 2.45) is 0 Å². The van der Waals surface area contributed by atoms with E-state index < -0.39 is 16.8 Å². The predicted molar refractivity (Wildman–Crippen MR) is 132 cm³/mol. The highest BCUT2D eigenvalue weighted by molar-refractivity contribution is 9.10. The summed E-state index contributed by atoms with van der Waals surface area (Å²) >= 11 is 3.34. The van der Waals surface area contributed by atoms with Gasteiger partial charge in [0.25, 0.3) is 11.6 Å². The van der Waals surface area contributed by atoms with Crippen LogP contribution in [-0.2, 0) is 4.79 Å². The molecule has 0 saturated carbocycles. The number of hydrogen-bond donors (Lipinski definition) is 1. The highest BCUT2D eigenvalue weighted by Crippen LogP contribution is 2.38. The van der Waals surface area contributed by atoms with Crippen LogP contribution < -0.4 is 14.8 Å². The molecule has 9 nitrogen and oxygen atoms in total. The van der Waals surface area contributed by atoms with Crippen LogP contribution in [0.2, 0.25) is 0 Å². The fourth-order valence-electron chi connectivity index (χ4n) is 3.01.